The zero-order valence-electron chi connectivity index (χ0n) is 9.41. The molecule has 4 heteroatoms. The maximum atomic E-state index is 13.2. The third-order valence-electron chi connectivity index (χ3n) is 2.50. The third-order valence-corrected chi connectivity index (χ3v) is 3.20. The van der Waals surface area contributed by atoms with Crippen LogP contribution in [0.25, 0.3) is 0 Å². The molecule has 0 aliphatic carbocycles. The van der Waals surface area contributed by atoms with E-state index in [9.17, 15) is 8.78 Å². The molecule has 0 aliphatic heterocycles. The van der Waals surface area contributed by atoms with Crippen molar-refractivity contribution in [2.24, 2.45) is 0 Å². The highest BCUT2D eigenvalue weighted by Crippen LogP contribution is 2.25. The molecule has 17 heavy (non-hydrogen) atoms. The van der Waals surface area contributed by atoms with Crippen molar-refractivity contribution < 1.29 is 8.78 Å². The van der Waals surface area contributed by atoms with E-state index in [4.69, 9.17) is 0 Å². The van der Waals surface area contributed by atoms with Crippen molar-refractivity contribution in [1.82, 2.24) is 5.32 Å². The Bertz CT molecular complexity index is 462. The van der Waals surface area contributed by atoms with E-state index in [0.717, 1.165) is 18.2 Å². The van der Waals surface area contributed by atoms with Gasteiger partial charge in [-0.3, -0.25) is 0 Å². The van der Waals surface area contributed by atoms with Crippen LogP contribution in [0.2, 0.25) is 0 Å². The summed E-state index contributed by atoms with van der Waals surface area (Å²) in [7, 11) is 0. The molecule has 2 aromatic rings. The molecule has 0 radical (unpaired) electrons. The van der Waals surface area contributed by atoms with Crippen molar-refractivity contribution in [3.8, 4) is 0 Å². The third kappa shape index (κ3) is 2.90. The van der Waals surface area contributed by atoms with Gasteiger partial charge in [-0.15, -0.1) is 0 Å². The normalized spacial score (nSPS) is 12.6. The second kappa shape index (κ2) is 5.38. The van der Waals surface area contributed by atoms with Crippen LogP contribution in [0.1, 0.15) is 24.1 Å². The molecule has 1 aromatic carbocycles. The summed E-state index contributed by atoms with van der Waals surface area (Å²) in [4.78, 5) is 0. The molecule has 1 atom stereocenters. The van der Waals surface area contributed by atoms with E-state index in [2.05, 4.69) is 5.32 Å². The Morgan fingerprint density at radius 3 is 2.41 bits per heavy atom. The molecule has 0 amide bonds. The van der Waals surface area contributed by atoms with Gasteiger partial charge in [-0.25, -0.2) is 8.78 Å². The van der Waals surface area contributed by atoms with Crippen molar-refractivity contribution in [1.29, 1.82) is 0 Å². The Hall–Kier alpha value is -1.26. The lowest BCUT2D eigenvalue weighted by molar-refractivity contribution is 0.565. The molecule has 2 rings (SSSR count). The lowest BCUT2D eigenvalue weighted by Gasteiger charge is -2.17. The first kappa shape index (κ1) is 12.2. The van der Waals surface area contributed by atoms with E-state index >= 15 is 0 Å². The van der Waals surface area contributed by atoms with Crippen LogP contribution in [0.4, 0.5) is 8.78 Å². The van der Waals surface area contributed by atoms with Crippen molar-refractivity contribution in [3.05, 3.63) is 57.8 Å². The largest absolute Gasteiger partial charge is 0.307 e. The molecule has 0 bridgehead atoms. The summed E-state index contributed by atoms with van der Waals surface area (Å²) >= 11 is 1.57. The maximum Gasteiger partial charge on any atom is 0.126 e. The van der Waals surface area contributed by atoms with Gasteiger partial charge < -0.3 is 5.32 Å². The minimum absolute atomic E-state index is 0.156. The Morgan fingerprint density at radius 1 is 1.18 bits per heavy atom. The van der Waals surface area contributed by atoms with Crippen LogP contribution in [-0.4, -0.2) is 6.54 Å². The van der Waals surface area contributed by atoms with E-state index < -0.39 is 11.6 Å². The highest BCUT2D eigenvalue weighted by Gasteiger charge is 2.15. The van der Waals surface area contributed by atoms with Gasteiger partial charge in [0, 0.05) is 6.07 Å². The van der Waals surface area contributed by atoms with Crippen LogP contribution >= 0.6 is 11.3 Å². The number of halogens is 2. The van der Waals surface area contributed by atoms with E-state index in [1.807, 2.05) is 23.8 Å². The molecule has 0 fully saturated rings. The van der Waals surface area contributed by atoms with E-state index in [1.54, 1.807) is 11.3 Å². The fourth-order valence-electron chi connectivity index (χ4n) is 1.81. The number of nitrogens with one attached hydrogen (secondary N) is 1. The Kier molecular flexibility index (Phi) is 3.86. The Labute approximate surface area is 103 Å². The number of hydrogen-bond donors (Lipinski definition) is 1. The second-order valence-corrected chi connectivity index (χ2v) is 4.53. The lowest BCUT2D eigenvalue weighted by Crippen LogP contribution is -2.21. The Balaban J connectivity index is 2.38. The zero-order valence-corrected chi connectivity index (χ0v) is 10.2. The van der Waals surface area contributed by atoms with Crippen LogP contribution in [0.3, 0.4) is 0 Å². The molecule has 1 aromatic heterocycles. The van der Waals surface area contributed by atoms with Crippen molar-refractivity contribution in [2.45, 2.75) is 13.0 Å². The predicted octanol–water partition coefficient (Wildman–Crippen LogP) is 3.73. The monoisotopic (exact) mass is 253 g/mol. The summed E-state index contributed by atoms with van der Waals surface area (Å²) in [5.74, 6) is -1.09. The first-order valence-corrected chi connectivity index (χ1v) is 6.36. The van der Waals surface area contributed by atoms with Crippen LogP contribution in [0.5, 0.6) is 0 Å². The smallest absolute Gasteiger partial charge is 0.126 e. The topological polar surface area (TPSA) is 12.0 Å². The minimum atomic E-state index is -0.543. The summed E-state index contributed by atoms with van der Waals surface area (Å²) in [5.41, 5.74) is 1.64. The summed E-state index contributed by atoms with van der Waals surface area (Å²) in [6, 6.07) is 5.43. The quantitative estimate of drug-likeness (QED) is 0.875. The van der Waals surface area contributed by atoms with Gasteiger partial charge in [-0.05, 0) is 46.6 Å². The number of benzene rings is 1. The molecular formula is C13H13F2NS. The van der Waals surface area contributed by atoms with Crippen LogP contribution < -0.4 is 5.32 Å². The molecule has 1 N–H and O–H groups in total. The van der Waals surface area contributed by atoms with Gasteiger partial charge in [-0.1, -0.05) is 6.92 Å². The molecule has 1 unspecified atom stereocenters. The van der Waals surface area contributed by atoms with E-state index in [-0.39, 0.29) is 6.04 Å². The molecule has 0 spiro atoms. The van der Waals surface area contributed by atoms with Gasteiger partial charge in [0.15, 0.2) is 0 Å². The van der Waals surface area contributed by atoms with Gasteiger partial charge in [0.2, 0.25) is 0 Å². The summed E-state index contributed by atoms with van der Waals surface area (Å²) < 4.78 is 26.4. The fourth-order valence-corrected chi connectivity index (χ4v) is 2.50. The highest BCUT2D eigenvalue weighted by molar-refractivity contribution is 7.08. The summed E-state index contributed by atoms with van der Waals surface area (Å²) in [6.45, 7) is 2.70. The SMILES string of the molecule is CCNC(c1ccsc1)c1cc(F)cc(F)c1. The van der Waals surface area contributed by atoms with Crippen LogP contribution in [-0.2, 0) is 0 Å². The van der Waals surface area contributed by atoms with Gasteiger partial charge >= 0.3 is 0 Å². The standard InChI is InChI=1S/C13H13F2NS/c1-2-16-13(9-3-4-17-8-9)10-5-11(14)7-12(15)6-10/h3-8,13,16H,2H2,1H3. The number of rotatable bonds is 4. The first-order chi connectivity index (χ1) is 8.20. The predicted molar refractivity (Wildman–Crippen MR) is 66.2 cm³/mol. The molecule has 1 nitrogen and oxygen atoms in total. The average Bonchev–Trinajstić information content (AvgIpc) is 2.77. The number of thiophene rings is 1. The highest BCUT2D eigenvalue weighted by atomic mass is 32.1. The zero-order chi connectivity index (χ0) is 12.3. The number of hydrogen-bond acceptors (Lipinski definition) is 2. The minimum Gasteiger partial charge on any atom is -0.307 e. The molecule has 1 heterocycles. The maximum absolute atomic E-state index is 13.2. The summed E-state index contributed by atoms with van der Waals surface area (Å²) in [6.07, 6.45) is 0. The average molecular weight is 253 g/mol. The Morgan fingerprint density at radius 2 is 1.88 bits per heavy atom. The van der Waals surface area contributed by atoms with Crippen molar-refractivity contribution >= 4 is 11.3 Å². The van der Waals surface area contributed by atoms with Crippen molar-refractivity contribution in [3.63, 3.8) is 0 Å². The van der Waals surface area contributed by atoms with Crippen molar-refractivity contribution in [2.75, 3.05) is 6.54 Å². The molecule has 0 aliphatic rings. The van der Waals surface area contributed by atoms with Gasteiger partial charge in [-0.2, -0.15) is 11.3 Å². The van der Waals surface area contributed by atoms with Gasteiger partial charge in [0.25, 0.3) is 0 Å². The lowest BCUT2D eigenvalue weighted by atomic mass is 10.0. The summed E-state index contributed by atoms with van der Waals surface area (Å²) in [5, 5.41) is 7.17. The van der Waals surface area contributed by atoms with E-state index in [1.165, 1.54) is 12.1 Å². The molecule has 0 saturated heterocycles. The molecular weight excluding hydrogens is 240 g/mol. The van der Waals surface area contributed by atoms with Crippen LogP contribution in [0.15, 0.2) is 35.0 Å². The van der Waals surface area contributed by atoms with Gasteiger partial charge in [0.1, 0.15) is 11.6 Å². The van der Waals surface area contributed by atoms with Crippen LogP contribution in [0, 0.1) is 11.6 Å². The fraction of sp³-hybridized carbons (Fsp3) is 0.231. The second-order valence-electron chi connectivity index (χ2n) is 3.75. The van der Waals surface area contributed by atoms with E-state index in [0.29, 0.717) is 5.56 Å². The molecule has 0 saturated carbocycles. The molecule has 90 valence electrons. The van der Waals surface area contributed by atoms with Gasteiger partial charge in [0.05, 0.1) is 6.04 Å². The first-order valence-electron chi connectivity index (χ1n) is 5.42.